The van der Waals surface area contributed by atoms with Crippen molar-refractivity contribution in [2.75, 3.05) is 19.6 Å². The zero-order valence-electron chi connectivity index (χ0n) is 21.8. The number of rotatable bonds is 7. The van der Waals surface area contributed by atoms with Gasteiger partial charge < -0.3 is 19.7 Å². The summed E-state index contributed by atoms with van der Waals surface area (Å²) in [6, 6.07) is 5.11. The van der Waals surface area contributed by atoms with Gasteiger partial charge in [0.05, 0.1) is 16.8 Å². The molecule has 7 heteroatoms. The van der Waals surface area contributed by atoms with Gasteiger partial charge in [0.25, 0.3) is 5.91 Å². The predicted molar refractivity (Wildman–Crippen MR) is 143 cm³/mol. The van der Waals surface area contributed by atoms with Crippen molar-refractivity contribution in [2.45, 2.75) is 109 Å². The predicted octanol–water partition coefficient (Wildman–Crippen LogP) is 5.19. The molecule has 0 aromatic carbocycles. The Bertz CT molecular complexity index is 1070. The normalized spacial score (nSPS) is 26.3. The van der Waals surface area contributed by atoms with E-state index in [1.165, 1.54) is 43.4 Å². The van der Waals surface area contributed by atoms with Gasteiger partial charge in [-0.25, -0.2) is 0 Å². The number of hydrogen-bond donors (Lipinski definition) is 1. The second-order valence-electron chi connectivity index (χ2n) is 11.2. The molecule has 1 saturated heterocycles. The third-order valence-corrected chi connectivity index (χ3v) is 9.93. The van der Waals surface area contributed by atoms with Crippen LogP contribution in [0.25, 0.3) is 10.2 Å². The number of aryl methyl sites for hydroxylation is 1. The lowest BCUT2D eigenvalue weighted by atomic mass is 9.91. The van der Waals surface area contributed by atoms with Crippen molar-refractivity contribution < 1.29 is 9.59 Å². The van der Waals surface area contributed by atoms with Gasteiger partial charge in [-0.3, -0.25) is 9.59 Å². The Morgan fingerprint density at radius 3 is 2.63 bits per heavy atom. The fourth-order valence-electron chi connectivity index (χ4n) is 6.42. The summed E-state index contributed by atoms with van der Waals surface area (Å²) in [6.07, 6.45) is 11.4. The molecule has 0 bridgehead atoms. The molecule has 6 nitrogen and oxygen atoms in total. The number of carbonyl (C=O) groups is 2. The van der Waals surface area contributed by atoms with Crippen LogP contribution in [0.3, 0.4) is 0 Å². The van der Waals surface area contributed by atoms with Crippen LogP contribution >= 0.6 is 11.3 Å². The van der Waals surface area contributed by atoms with Crippen molar-refractivity contribution in [2.24, 2.45) is 0 Å². The Balaban J connectivity index is 1.40. The number of hydrogen-bond acceptors (Lipinski definition) is 4. The molecule has 0 spiro atoms. The van der Waals surface area contributed by atoms with Gasteiger partial charge in [-0.2, -0.15) is 0 Å². The summed E-state index contributed by atoms with van der Waals surface area (Å²) in [5, 5.41) is 3.36. The standard InChI is InChI=1S/C28H42N4O2S/c1-4-22-17-23-25(35-22)18-24-26(33)32(16-10-15-30-14-9-8-11-20(30)2)28(3,19-31(23)24)27(34)29-21-12-6-5-7-13-21/h17-18,20-21H,4-16,19H2,1-3H3,(H,29,34). The molecular weight excluding hydrogens is 456 g/mol. The summed E-state index contributed by atoms with van der Waals surface area (Å²) in [5.74, 6) is 0.0215. The van der Waals surface area contributed by atoms with E-state index in [2.05, 4.69) is 40.8 Å². The van der Waals surface area contributed by atoms with Gasteiger partial charge >= 0.3 is 0 Å². The average Bonchev–Trinajstić information content (AvgIpc) is 3.41. The number of nitrogens with one attached hydrogen (secondary N) is 1. The minimum atomic E-state index is -0.880. The first-order valence-electron chi connectivity index (χ1n) is 13.9. The number of piperidine rings is 1. The number of thiophene rings is 1. The number of carbonyl (C=O) groups excluding carboxylic acids is 2. The maximum absolute atomic E-state index is 13.9. The van der Waals surface area contributed by atoms with Crippen LogP contribution in [0.4, 0.5) is 0 Å². The third-order valence-electron chi connectivity index (χ3n) is 8.71. The van der Waals surface area contributed by atoms with Crippen LogP contribution < -0.4 is 5.32 Å². The summed E-state index contributed by atoms with van der Waals surface area (Å²) in [6.45, 7) is 9.76. The highest BCUT2D eigenvalue weighted by Gasteiger charge is 2.48. The molecule has 1 saturated carbocycles. The first kappa shape index (κ1) is 24.8. The molecule has 5 rings (SSSR count). The van der Waals surface area contributed by atoms with Crippen LogP contribution in [0.2, 0.25) is 0 Å². The molecule has 192 valence electrons. The number of nitrogens with zero attached hydrogens (tertiary/aromatic N) is 3. The smallest absolute Gasteiger partial charge is 0.271 e. The minimum Gasteiger partial charge on any atom is -0.351 e. The van der Waals surface area contributed by atoms with Crippen molar-refractivity contribution in [1.82, 2.24) is 19.7 Å². The van der Waals surface area contributed by atoms with Crippen molar-refractivity contribution in [3.05, 3.63) is 22.7 Å². The van der Waals surface area contributed by atoms with Gasteiger partial charge in [0.15, 0.2) is 0 Å². The Hall–Kier alpha value is -1.86. The summed E-state index contributed by atoms with van der Waals surface area (Å²) in [4.78, 5) is 33.6. The van der Waals surface area contributed by atoms with Gasteiger partial charge in [-0.15, -0.1) is 11.3 Å². The minimum absolute atomic E-state index is 0.00526. The molecule has 2 fully saturated rings. The number of likely N-dealkylation sites (tertiary alicyclic amines) is 1. The van der Waals surface area contributed by atoms with E-state index in [1.807, 2.05) is 11.8 Å². The van der Waals surface area contributed by atoms with E-state index in [4.69, 9.17) is 0 Å². The maximum Gasteiger partial charge on any atom is 0.271 e. The molecular formula is C28H42N4O2S. The molecule has 1 N–H and O–H groups in total. The summed E-state index contributed by atoms with van der Waals surface area (Å²) >= 11 is 1.77. The molecule has 3 aliphatic rings. The van der Waals surface area contributed by atoms with Crippen molar-refractivity contribution in [3.8, 4) is 0 Å². The number of amides is 2. The van der Waals surface area contributed by atoms with Crippen LogP contribution in [0.5, 0.6) is 0 Å². The van der Waals surface area contributed by atoms with Crippen LogP contribution in [0.15, 0.2) is 12.1 Å². The summed E-state index contributed by atoms with van der Waals surface area (Å²) in [7, 11) is 0. The molecule has 4 heterocycles. The SMILES string of the molecule is CCc1cc2c(cc3n2CC(C)(C(=O)NC2CCCCC2)N(CCCN2CCCCC2C)C3=O)s1. The molecule has 2 aliphatic heterocycles. The number of fused-ring (bicyclic) bond motifs is 3. The fourth-order valence-corrected chi connectivity index (χ4v) is 7.46. The maximum atomic E-state index is 13.9. The molecule has 2 aromatic rings. The average molecular weight is 499 g/mol. The van der Waals surface area contributed by atoms with Gasteiger partial charge in [-0.05, 0) is 71.0 Å². The highest BCUT2D eigenvalue weighted by atomic mass is 32.1. The molecule has 2 unspecified atom stereocenters. The first-order valence-corrected chi connectivity index (χ1v) is 14.7. The van der Waals surface area contributed by atoms with E-state index < -0.39 is 5.54 Å². The van der Waals surface area contributed by atoms with Gasteiger partial charge in [0, 0.05) is 30.1 Å². The van der Waals surface area contributed by atoms with E-state index in [9.17, 15) is 9.59 Å². The van der Waals surface area contributed by atoms with E-state index in [0.29, 0.717) is 19.1 Å². The van der Waals surface area contributed by atoms with Crippen molar-refractivity contribution in [1.29, 1.82) is 0 Å². The van der Waals surface area contributed by atoms with Crippen LogP contribution in [-0.2, 0) is 17.8 Å². The Kier molecular flexibility index (Phi) is 7.27. The molecule has 1 aliphatic carbocycles. The van der Waals surface area contributed by atoms with Crippen LogP contribution in [0.1, 0.15) is 93.9 Å². The highest BCUT2D eigenvalue weighted by Crippen LogP contribution is 2.36. The summed E-state index contributed by atoms with van der Waals surface area (Å²) in [5.41, 5.74) is 0.965. The number of aromatic nitrogens is 1. The first-order chi connectivity index (χ1) is 16.9. The van der Waals surface area contributed by atoms with Crippen molar-refractivity contribution in [3.63, 3.8) is 0 Å². The summed E-state index contributed by atoms with van der Waals surface area (Å²) < 4.78 is 3.28. The van der Waals surface area contributed by atoms with Gasteiger partial charge in [0.1, 0.15) is 11.2 Å². The van der Waals surface area contributed by atoms with E-state index in [1.54, 1.807) is 11.3 Å². The quantitative estimate of drug-likeness (QED) is 0.571. The monoisotopic (exact) mass is 498 g/mol. The molecule has 0 radical (unpaired) electrons. The van der Waals surface area contributed by atoms with Crippen LogP contribution in [-0.4, -0.2) is 63.4 Å². The molecule has 2 aromatic heterocycles. The van der Waals surface area contributed by atoms with Crippen molar-refractivity contribution >= 4 is 33.4 Å². The topological polar surface area (TPSA) is 57.6 Å². The van der Waals surface area contributed by atoms with E-state index >= 15 is 0 Å². The highest BCUT2D eigenvalue weighted by molar-refractivity contribution is 7.19. The Morgan fingerprint density at radius 1 is 1.11 bits per heavy atom. The largest absolute Gasteiger partial charge is 0.351 e. The van der Waals surface area contributed by atoms with Crippen LogP contribution in [0, 0.1) is 0 Å². The molecule has 35 heavy (non-hydrogen) atoms. The lowest BCUT2D eigenvalue weighted by Crippen LogP contribution is -2.65. The fraction of sp³-hybridized carbons (Fsp3) is 0.714. The molecule has 2 amide bonds. The lowest BCUT2D eigenvalue weighted by molar-refractivity contribution is -0.133. The Labute approximate surface area is 214 Å². The zero-order chi connectivity index (χ0) is 24.6. The van der Waals surface area contributed by atoms with E-state index in [0.717, 1.165) is 54.7 Å². The molecule has 2 atom stereocenters. The lowest BCUT2D eigenvalue weighted by Gasteiger charge is -2.45. The van der Waals surface area contributed by atoms with E-state index in [-0.39, 0.29) is 17.9 Å². The van der Waals surface area contributed by atoms with Gasteiger partial charge in [-0.1, -0.05) is 32.6 Å². The second-order valence-corrected chi connectivity index (χ2v) is 12.4. The zero-order valence-corrected chi connectivity index (χ0v) is 22.6. The van der Waals surface area contributed by atoms with Gasteiger partial charge in [0.2, 0.25) is 5.91 Å². The third kappa shape index (κ3) is 4.78. The Morgan fingerprint density at radius 2 is 1.89 bits per heavy atom. The second kappa shape index (κ2) is 10.3.